The van der Waals surface area contributed by atoms with Gasteiger partial charge in [-0.25, -0.2) is 0 Å². The molecule has 0 fully saturated rings. The Morgan fingerprint density at radius 1 is 1.53 bits per heavy atom. The van der Waals surface area contributed by atoms with Crippen LogP contribution < -0.4 is 11.1 Å². The van der Waals surface area contributed by atoms with E-state index < -0.39 is 0 Å². The Morgan fingerprint density at radius 3 is 2.76 bits per heavy atom. The molecule has 0 aliphatic heterocycles. The summed E-state index contributed by atoms with van der Waals surface area (Å²) in [5.41, 5.74) is 5.88. The molecule has 1 aromatic heterocycles. The average Bonchev–Trinajstić information content (AvgIpc) is 2.69. The molecule has 0 aromatic carbocycles. The standard InChI is InChI=1S/C11H21N5O/c1-11(2,3)9(12)8-10(17)13-4-6-16-7-5-14-15-16/h5,7,9H,4,6,8,12H2,1-3H3,(H,13,17). The Labute approximate surface area is 102 Å². The van der Waals surface area contributed by atoms with Gasteiger partial charge in [-0.15, -0.1) is 5.10 Å². The van der Waals surface area contributed by atoms with Crippen molar-refractivity contribution in [3.8, 4) is 0 Å². The van der Waals surface area contributed by atoms with Crippen LogP contribution in [0.3, 0.4) is 0 Å². The van der Waals surface area contributed by atoms with Crippen LogP contribution in [0.5, 0.6) is 0 Å². The zero-order chi connectivity index (χ0) is 12.9. The average molecular weight is 239 g/mol. The first kappa shape index (κ1) is 13.6. The highest BCUT2D eigenvalue weighted by Crippen LogP contribution is 2.19. The van der Waals surface area contributed by atoms with Crippen LogP contribution >= 0.6 is 0 Å². The van der Waals surface area contributed by atoms with Crippen LogP contribution in [0.15, 0.2) is 12.4 Å². The van der Waals surface area contributed by atoms with Crippen LogP contribution in [-0.4, -0.2) is 33.5 Å². The van der Waals surface area contributed by atoms with Gasteiger partial charge < -0.3 is 11.1 Å². The van der Waals surface area contributed by atoms with Gasteiger partial charge in [0.25, 0.3) is 0 Å². The van der Waals surface area contributed by atoms with Gasteiger partial charge in [0.05, 0.1) is 12.7 Å². The fourth-order valence-corrected chi connectivity index (χ4v) is 1.24. The van der Waals surface area contributed by atoms with Gasteiger partial charge in [-0.05, 0) is 5.41 Å². The lowest BCUT2D eigenvalue weighted by atomic mass is 9.85. The van der Waals surface area contributed by atoms with E-state index in [1.54, 1.807) is 17.1 Å². The van der Waals surface area contributed by atoms with E-state index in [1.807, 2.05) is 20.8 Å². The molecule has 6 heteroatoms. The molecule has 96 valence electrons. The van der Waals surface area contributed by atoms with Gasteiger partial charge in [0.1, 0.15) is 0 Å². The van der Waals surface area contributed by atoms with Crippen LogP contribution in [-0.2, 0) is 11.3 Å². The first-order valence-electron chi connectivity index (χ1n) is 5.76. The summed E-state index contributed by atoms with van der Waals surface area (Å²) in [4.78, 5) is 11.6. The summed E-state index contributed by atoms with van der Waals surface area (Å²) in [7, 11) is 0. The monoisotopic (exact) mass is 239 g/mol. The molecule has 0 aliphatic rings. The number of hydrogen-bond acceptors (Lipinski definition) is 4. The molecule has 0 saturated heterocycles. The van der Waals surface area contributed by atoms with Crippen LogP contribution in [0.4, 0.5) is 0 Å². The molecule has 1 heterocycles. The maximum atomic E-state index is 11.6. The Hall–Kier alpha value is -1.43. The quantitative estimate of drug-likeness (QED) is 0.766. The lowest BCUT2D eigenvalue weighted by molar-refractivity contribution is -0.121. The first-order valence-corrected chi connectivity index (χ1v) is 5.76. The Kier molecular flexibility index (Phi) is 4.62. The van der Waals surface area contributed by atoms with E-state index in [2.05, 4.69) is 15.6 Å². The van der Waals surface area contributed by atoms with E-state index in [4.69, 9.17) is 5.73 Å². The number of amides is 1. The van der Waals surface area contributed by atoms with Crippen molar-refractivity contribution in [2.75, 3.05) is 6.54 Å². The number of nitrogens with zero attached hydrogens (tertiary/aromatic N) is 3. The first-order chi connectivity index (χ1) is 7.89. The molecule has 0 saturated carbocycles. The molecule has 0 spiro atoms. The summed E-state index contributed by atoms with van der Waals surface area (Å²) >= 11 is 0. The highest BCUT2D eigenvalue weighted by atomic mass is 16.1. The van der Waals surface area contributed by atoms with Crippen LogP contribution in [0, 0.1) is 5.41 Å². The van der Waals surface area contributed by atoms with Crippen molar-refractivity contribution in [2.45, 2.75) is 39.8 Å². The van der Waals surface area contributed by atoms with Crippen molar-refractivity contribution >= 4 is 5.91 Å². The van der Waals surface area contributed by atoms with Crippen molar-refractivity contribution < 1.29 is 4.79 Å². The van der Waals surface area contributed by atoms with Crippen LogP contribution in [0.1, 0.15) is 27.2 Å². The fourth-order valence-electron chi connectivity index (χ4n) is 1.24. The lowest BCUT2D eigenvalue weighted by Crippen LogP contribution is -2.40. The topological polar surface area (TPSA) is 85.8 Å². The van der Waals surface area contributed by atoms with Crippen molar-refractivity contribution in [3.63, 3.8) is 0 Å². The van der Waals surface area contributed by atoms with Gasteiger partial charge in [-0.2, -0.15) is 0 Å². The van der Waals surface area contributed by atoms with Gasteiger partial charge in [0.15, 0.2) is 0 Å². The Morgan fingerprint density at radius 2 is 2.24 bits per heavy atom. The van der Waals surface area contributed by atoms with Crippen molar-refractivity contribution in [3.05, 3.63) is 12.4 Å². The summed E-state index contributed by atoms with van der Waals surface area (Å²) in [6.45, 7) is 7.25. The summed E-state index contributed by atoms with van der Waals surface area (Å²) in [5, 5.41) is 10.3. The van der Waals surface area contributed by atoms with Crippen molar-refractivity contribution in [1.82, 2.24) is 20.3 Å². The summed E-state index contributed by atoms with van der Waals surface area (Å²) in [5.74, 6) is -0.0208. The van der Waals surface area contributed by atoms with Crippen LogP contribution in [0.25, 0.3) is 0 Å². The summed E-state index contributed by atoms with van der Waals surface area (Å²) in [6, 6.07) is -0.131. The lowest BCUT2D eigenvalue weighted by Gasteiger charge is -2.26. The van der Waals surface area contributed by atoms with Crippen LogP contribution in [0.2, 0.25) is 0 Å². The zero-order valence-electron chi connectivity index (χ0n) is 10.7. The number of aromatic nitrogens is 3. The molecule has 0 radical (unpaired) electrons. The van der Waals surface area contributed by atoms with E-state index in [0.717, 1.165) is 0 Å². The molecule has 1 atom stereocenters. The molecule has 0 bridgehead atoms. The third-order valence-electron chi connectivity index (χ3n) is 2.65. The molecule has 17 heavy (non-hydrogen) atoms. The second kappa shape index (κ2) is 5.77. The smallest absolute Gasteiger partial charge is 0.221 e. The van der Waals surface area contributed by atoms with E-state index >= 15 is 0 Å². The minimum atomic E-state index is -0.131. The third-order valence-corrected chi connectivity index (χ3v) is 2.65. The molecule has 0 aliphatic carbocycles. The van der Waals surface area contributed by atoms with Gasteiger partial charge in [0.2, 0.25) is 5.91 Å². The molecular formula is C11H21N5O. The molecule has 1 rings (SSSR count). The summed E-state index contributed by atoms with van der Waals surface area (Å²) in [6.07, 6.45) is 3.71. The highest BCUT2D eigenvalue weighted by molar-refractivity contribution is 5.76. The van der Waals surface area contributed by atoms with Crippen molar-refractivity contribution in [1.29, 1.82) is 0 Å². The predicted octanol–water partition coefficient (Wildman–Crippen LogP) is 0.158. The molecule has 1 amide bonds. The van der Waals surface area contributed by atoms with Gasteiger partial charge >= 0.3 is 0 Å². The van der Waals surface area contributed by atoms with Gasteiger partial charge in [-0.3, -0.25) is 9.48 Å². The maximum absolute atomic E-state index is 11.6. The number of carbonyl (C=O) groups excluding carboxylic acids is 1. The second-order valence-electron chi connectivity index (χ2n) is 5.19. The number of carbonyl (C=O) groups is 1. The van der Waals surface area contributed by atoms with Gasteiger partial charge in [0, 0.05) is 25.2 Å². The predicted molar refractivity (Wildman–Crippen MR) is 65.1 cm³/mol. The summed E-state index contributed by atoms with van der Waals surface area (Å²) < 4.78 is 1.67. The molecule has 1 aromatic rings. The normalized spacial score (nSPS) is 13.4. The van der Waals surface area contributed by atoms with Gasteiger partial charge in [-0.1, -0.05) is 26.0 Å². The van der Waals surface area contributed by atoms with Crippen molar-refractivity contribution in [2.24, 2.45) is 11.1 Å². The largest absolute Gasteiger partial charge is 0.354 e. The number of nitrogens with two attached hydrogens (primary N) is 1. The fraction of sp³-hybridized carbons (Fsp3) is 0.727. The zero-order valence-corrected chi connectivity index (χ0v) is 10.7. The molecule has 1 unspecified atom stereocenters. The molecule has 6 nitrogen and oxygen atoms in total. The molecular weight excluding hydrogens is 218 g/mol. The third kappa shape index (κ3) is 4.95. The Bertz CT molecular complexity index is 341. The van der Waals surface area contributed by atoms with E-state index in [1.165, 1.54) is 0 Å². The van der Waals surface area contributed by atoms with E-state index in [9.17, 15) is 4.79 Å². The number of hydrogen-bond donors (Lipinski definition) is 2. The maximum Gasteiger partial charge on any atom is 0.221 e. The SMILES string of the molecule is CC(C)(C)C(N)CC(=O)NCCn1ccnn1. The second-order valence-corrected chi connectivity index (χ2v) is 5.19. The number of rotatable bonds is 5. The highest BCUT2D eigenvalue weighted by Gasteiger charge is 2.22. The minimum absolute atomic E-state index is 0.0208. The number of nitrogens with one attached hydrogen (secondary N) is 1. The Balaban J connectivity index is 2.22. The molecule has 3 N–H and O–H groups in total. The van der Waals surface area contributed by atoms with E-state index in [-0.39, 0.29) is 17.4 Å². The minimum Gasteiger partial charge on any atom is -0.354 e. The van der Waals surface area contributed by atoms with E-state index in [0.29, 0.717) is 19.5 Å².